The monoisotopic (exact) mass is 337 g/mol. The van der Waals surface area contributed by atoms with E-state index in [9.17, 15) is 9.18 Å². The van der Waals surface area contributed by atoms with Crippen LogP contribution in [0.2, 0.25) is 0 Å². The summed E-state index contributed by atoms with van der Waals surface area (Å²) in [6.45, 7) is 3.49. The van der Waals surface area contributed by atoms with Crippen molar-refractivity contribution in [3.05, 3.63) is 53.5 Å². The third-order valence-corrected chi connectivity index (χ3v) is 3.64. The van der Waals surface area contributed by atoms with E-state index in [-0.39, 0.29) is 23.6 Å². The Morgan fingerprint density at radius 3 is 3.08 bits per heavy atom. The number of amides is 1. The fraction of sp³-hybridized carbons (Fsp3) is 0.222. The van der Waals surface area contributed by atoms with Crippen LogP contribution in [0.4, 0.5) is 4.39 Å². The van der Waals surface area contributed by atoms with Crippen LogP contribution < -0.4 is 5.32 Å². The van der Waals surface area contributed by atoms with Crippen LogP contribution in [-0.4, -0.2) is 31.9 Å². The number of aromatic nitrogens is 4. The van der Waals surface area contributed by atoms with E-state index >= 15 is 0 Å². The summed E-state index contributed by atoms with van der Waals surface area (Å²) in [7, 11) is 0. The molecular formula is C18H16FN5O. The van der Waals surface area contributed by atoms with E-state index in [4.69, 9.17) is 0 Å². The third-order valence-electron chi connectivity index (χ3n) is 3.64. The van der Waals surface area contributed by atoms with Crippen LogP contribution in [0, 0.1) is 24.6 Å². The minimum Gasteiger partial charge on any atom is -0.346 e. The molecule has 2 N–H and O–H groups in total. The lowest BCUT2D eigenvalue weighted by Crippen LogP contribution is -2.32. The van der Waals surface area contributed by atoms with E-state index in [0.29, 0.717) is 28.7 Å². The maximum atomic E-state index is 13.4. The van der Waals surface area contributed by atoms with Gasteiger partial charge in [-0.1, -0.05) is 11.8 Å². The normalized spacial score (nSPS) is 11.6. The molecule has 3 aromatic rings. The van der Waals surface area contributed by atoms with Gasteiger partial charge in [0.05, 0.1) is 11.7 Å². The van der Waals surface area contributed by atoms with Crippen molar-refractivity contribution in [3.63, 3.8) is 0 Å². The fourth-order valence-electron chi connectivity index (χ4n) is 2.22. The molecule has 3 rings (SSSR count). The van der Waals surface area contributed by atoms with Crippen LogP contribution in [-0.2, 0) is 0 Å². The van der Waals surface area contributed by atoms with Crippen LogP contribution in [0.25, 0.3) is 11.2 Å². The standard InChI is InChI=1S/C18H16FN5O/c1-11(5-3-6-13-9-20-10-14(19)12(13)2)22-18(25)17-23-15-7-4-8-21-16(15)24-17/h4,7-11H,5H2,1-2H3,(H,22,25)(H,21,23,24)/t11-/m0/s1. The van der Waals surface area contributed by atoms with Gasteiger partial charge in [-0.25, -0.2) is 14.4 Å². The van der Waals surface area contributed by atoms with Gasteiger partial charge in [-0.3, -0.25) is 9.78 Å². The van der Waals surface area contributed by atoms with Crippen molar-refractivity contribution in [2.24, 2.45) is 0 Å². The average Bonchev–Trinajstić information content (AvgIpc) is 3.03. The molecule has 0 aliphatic heterocycles. The number of hydrogen-bond acceptors (Lipinski definition) is 4. The first kappa shape index (κ1) is 16.6. The molecule has 1 amide bonds. The largest absolute Gasteiger partial charge is 0.346 e. The molecule has 0 aliphatic carbocycles. The van der Waals surface area contributed by atoms with Gasteiger partial charge in [0.2, 0.25) is 0 Å². The molecule has 0 aromatic carbocycles. The predicted octanol–water partition coefficient (Wildman–Crippen LogP) is 2.36. The second-order valence-electron chi connectivity index (χ2n) is 5.63. The molecule has 0 unspecified atom stereocenters. The minimum absolute atomic E-state index is 0.192. The first-order valence-corrected chi connectivity index (χ1v) is 7.75. The highest BCUT2D eigenvalue weighted by Gasteiger charge is 2.13. The summed E-state index contributed by atoms with van der Waals surface area (Å²) in [5.74, 6) is 5.32. The second-order valence-corrected chi connectivity index (χ2v) is 5.63. The summed E-state index contributed by atoms with van der Waals surface area (Å²) in [5, 5.41) is 2.82. The summed E-state index contributed by atoms with van der Waals surface area (Å²) in [6.07, 6.45) is 4.72. The number of nitrogens with one attached hydrogen (secondary N) is 2. The Morgan fingerprint density at radius 1 is 1.44 bits per heavy atom. The van der Waals surface area contributed by atoms with Gasteiger partial charge < -0.3 is 10.3 Å². The summed E-state index contributed by atoms with van der Waals surface area (Å²) < 4.78 is 13.4. The van der Waals surface area contributed by atoms with Gasteiger partial charge in [-0.05, 0) is 26.0 Å². The van der Waals surface area contributed by atoms with Gasteiger partial charge in [0, 0.05) is 36.0 Å². The number of carbonyl (C=O) groups is 1. The van der Waals surface area contributed by atoms with E-state index in [0.717, 1.165) is 6.20 Å². The van der Waals surface area contributed by atoms with Crippen molar-refractivity contribution >= 4 is 17.1 Å². The molecule has 0 saturated heterocycles. The number of fused-ring (bicyclic) bond motifs is 1. The number of nitrogens with zero attached hydrogens (tertiary/aromatic N) is 3. The number of rotatable bonds is 3. The quantitative estimate of drug-likeness (QED) is 0.719. The highest BCUT2D eigenvalue weighted by Crippen LogP contribution is 2.09. The van der Waals surface area contributed by atoms with E-state index in [1.54, 1.807) is 25.3 Å². The molecule has 0 radical (unpaired) electrons. The zero-order valence-corrected chi connectivity index (χ0v) is 13.8. The summed E-state index contributed by atoms with van der Waals surface area (Å²) in [4.78, 5) is 27.2. The Morgan fingerprint density at radius 2 is 2.28 bits per heavy atom. The van der Waals surface area contributed by atoms with Gasteiger partial charge >= 0.3 is 0 Å². The molecule has 1 atom stereocenters. The molecule has 7 heteroatoms. The summed E-state index contributed by atoms with van der Waals surface area (Å²) in [5.41, 5.74) is 2.21. The Kier molecular flexibility index (Phi) is 4.70. The Hall–Kier alpha value is -3.27. The number of halogens is 1. The number of aromatic amines is 1. The van der Waals surface area contributed by atoms with E-state index < -0.39 is 0 Å². The lowest BCUT2D eigenvalue weighted by molar-refractivity contribution is 0.0931. The average molecular weight is 337 g/mol. The molecule has 25 heavy (non-hydrogen) atoms. The smallest absolute Gasteiger partial charge is 0.287 e. The fourth-order valence-corrected chi connectivity index (χ4v) is 2.22. The molecule has 126 valence electrons. The Labute approximate surface area is 143 Å². The third kappa shape index (κ3) is 3.80. The van der Waals surface area contributed by atoms with E-state index in [1.165, 1.54) is 6.20 Å². The van der Waals surface area contributed by atoms with E-state index in [1.807, 2.05) is 6.92 Å². The molecule has 3 heterocycles. The number of H-pyrrole nitrogens is 1. The van der Waals surface area contributed by atoms with Gasteiger partial charge in [-0.15, -0.1) is 0 Å². The van der Waals surface area contributed by atoms with Crippen LogP contribution in [0.5, 0.6) is 0 Å². The van der Waals surface area contributed by atoms with E-state index in [2.05, 4.69) is 37.1 Å². The van der Waals surface area contributed by atoms with Gasteiger partial charge in [0.15, 0.2) is 11.5 Å². The van der Waals surface area contributed by atoms with Crippen molar-refractivity contribution < 1.29 is 9.18 Å². The molecule has 3 aromatic heterocycles. The summed E-state index contributed by atoms with van der Waals surface area (Å²) >= 11 is 0. The highest BCUT2D eigenvalue weighted by molar-refractivity contribution is 5.93. The van der Waals surface area contributed by atoms with Crippen molar-refractivity contribution in [3.8, 4) is 11.8 Å². The maximum Gasteiger partial charge on any atom is 0.287 e. The number of carbonyl (C=O) groups excluding carboxylic acids is 1. The first-order chi connectivity index (χ1) is 12.0. The zero-order valence-electron chi connectivity index (χ0n) is 13.8. The van der Waals surface area contributed by atoms with Gasteiger partial charge in [0.1, 0.15) is 5.82 Å². The molecular weight excluding hydrogens is 321 g/mol. The molecule has 0 spiro atoms. The number of hydrogen-bond donors (Lipinski definition) is 2. The highest BCUT2D eigenvalue weighted by atomic mass is 19.1. The Balaban J connectivity index is 1.62. The van der Waals surface area contributed by atoms with Crippen LogP contribution >= 0.6 is 0 Å². The van der Waals surface area contributed by atoms with Crippen LogP contribution in [0.3, 0.4) is 0 Å². The lowest BCUT2D eigenvalue weighted by Gasteiger charge is -2.08. The lowest BCUT2D eigenvalue weighted by atomic mass is 10.1. The number of imidazole rings is 1. The van der Waals surface area contributed by atoms with Crippen LogP contribution in [0.1, 0.15) is 35.1 Å². The van der Waals surface area contributed by atoms with Gasteiger partial charge in [0.25, 0.3) is 5.91 Å². The van der Waals surface area contributed by atoms with Crippen molar-refractivity contribution in [1.82, 2.24) is 25.3 Å². The molecule has 0 saturated carbocycles. The molecule has 0 aliphatic rings. The minimum atomic E-state index is -0.383. The van der Waals surface area contributed by atoms with Crippen molar-refractivity contribution in [2.75, 3.05) is 0 Å². The Bertz CT molecular complexity index is 953. The molecule has 6 nitrogen and oxygen atoms in total. The SMILES string of the molecule is Cc1c(F)cncc1C#CC[C@H](C)NC(=O)c1nc2ncccc2[nH]1. The van der Waals surface area contributed by atoms with Crippen molar-refractivity contribution in [2.45, 2.75) is 26.3 Å². The molecule has 0 bridgehead atoms. The number of pyridine rings is 2. The topological polar surface area (TPSA) is 83.6 Å². The predicted molar refractivity (Wildman–Crippen MR) is 91.2 cm³/mol. The zero-order chi connectivity index (χ0) is 17.8. The maximum absolute atomic E-state index is 13.4. The summed E-state index contributed by atoms with van der Waals surface area (Å²) in [6, 6.07) is 3.38. The van der Waals surface area contributed by atoms with Crippen LogP contribution in [0.15, 0.2) is 30.7 Å². The second kappa shape index (κ2) is 7.09. The first-order valence-electron chi connectivity index (χ1n) is 7.75. The molecule has 0 fully saturated rings. The van der Waals surface area contributed by atoms with Gasteiger partial charge in [-0.2, -0.15) is 0 Å². The van der Waals surface area contributed by atoms with Crippen molar-refractivity contribution in [1.29, 1.82) is 0 Å².